The number of aryl methyl sites for hydroxylation is 1. The van der Waals surface area contributed by atoms with Gasteiger partial charge in [-0.3, -0.25) is 4.90 Å². The maximum Gasteiger partial charge on any atom is 0.137 e. The molecule has 0 aliphatic heterocycles. The highest BCUT2D eigenvalue weighted by molar-refractivity contribution is 5.26. The molecule has 0 saturated carbocycles. The molecule has 29 heavy (non-hydrogen) atoms. The fraction of sp³-hybridized carbons (Fsp3) is 0.273. The molecule has 0 aliphatic rings. The van der Waals surface area contributed by atoms with E-state index in [1.165, 1.54) is 23.4 Å². The summed E-state index contributed by atoms with van der Waals surface area (Å²) < 4.78 is 29.4. The Hall–Kier alpha value is -3.08. The Balaban J connectivity index is 1.92. The van der Waals surface area contributed by atoms with Crippen molar-refractivity contribution in [2.45, 2.75) is 25.6 Å². The lowest BCUT2D eigenvalue weighted by atomic mass is 9.92. The summed E-state index contributed by atoms with van der Waals surface area (Å²) in [6.07, 6.45) is 8.28. The van der Waals surface area contributed by atoms with Crippen LogP contribution in [0.1, 0.15) is 16.7 Å². The van der Waals surface area contributed by atoms with Gasteiger partial charge in [-0.1, -0.05) is 41.8 Å². The van der Waals surface area contributed by atoms with Crippen LogP contribution >= 0.6 is 0 Å². The topological polar surface area (TPSA) is 54.2 Å². The van der Waals surface area contributed by atoms with Gasteiger partial charge >= 0.3 is 0 Å². The second-order valence-corrected chi connectivity index (χ2v) is 7.08. The van der Waals surface area contributed by atoms with Gasteiger partial charge in [0.15, 0.2) is 0 Å². The highest BCUT2D eigenvalue weighted by Gasteiger charge is 2.35. The molecule has 0 spiro atoms. The van der Waals surface area contributed by atoms with Crippen LogP contribution in [0.25, 0.3) is 0 Å². The van der Waals surface area contributed by atoms with Crippen LogP contribution in [-0.4, -0.2) is 37.9 Å². The lowest BCUT2D eigenvalue weighted by Gasteiger charge is -2.34. The number of hydrogen-bond acceptors (Lipinski definition) is 4. The van der Waals surface area contributed by atoms with Crippen LogP contribution in [0.5, 0.6) is 0 Å². The maximum atomic E-state index is 14.6. The van der Waals surface area contributed by atoms with Crippen molar-refractivity contribution in [2.24, 2.45) is 0 Å². The van der Waals surface area contributed by atoms with Gasteiger partial charge in [0, 0.05) is 24.7 Å². The van der Waals surface area contributed by atoms with Crippen LogP contribution in [0.2, 0.25) is 0 Å². The molecule has 1 aromatic heterocycles. The van der Waals surface area contributed by atoms with Gasteiger partial charge in [-0.15, -0.1) is 6.42 Å². The second-order valence-electron chi connectivity index (χ2n) is 7.08. The van der Waals surface area contributed by atoms with Crippen molar-refractivity contribution in [1.29, 1.82) is 0 Å². The molecule has 7 heteroatoms. The van der Waals surface area contributed by atoms with E-state index in [-0.39, 0.29) is 25.2 Å². The summed E-state index contributed by atoms with van der Waals surface area (Å²) >= 11 is 0. The molecule has 0 bridgehead atoms. The van der Waals surface area contributed by atoms with E-state index in [1.54, 1.807) is 0 Å². The third kappa shape index (κ3) is 5.25. The molecule has 1 heterocycles. The van der Waals surface area contributed by atoms with Crippen LogP contribution in [0.15, 0.2) is 55.1 Å². The van der Waals surface area contributed by atoms with E-state index in [9.17, 15) is 13.9 Å². The summed E-state index contributed by atoms with van der Waals surface area (Å²) in [5, 5.41) is 15.5. The number of hydrogen-bond donors (Lipinski definition) is 1. The zero-order chi connectivity index (χ0) is 20.9. The van der Waals surface area contributed by atoms with Crippen molar-refractivity contribution in [2.75, 3.05) is 13.1 Å². The van der Waals surface area contributed by atoms with Crippen LogP contribution in [0.4, 0.5) is 8.78 Å². The van der Waals surface area contributed by atoms with Crippen molar-refractivity contribution in [3.8, 4) is 12.3 Å². The van der Waals surface area contributed by atoms with Crippen molar-refractivity contribution in [3.63, 3.8) is 0 Å². The average molecular weight is 396 g/mol. The van der Waals surface area contributed by atoms with E-state index in [1.807, 2.05) is 36.1 Å². The normalized spacial score (nSPS) is 13.2. The second kappa shape index (κ2) is 8.95. The summed E-state index contributed by atoms with van der Waals surface area (Å²) in [4.78, 5) is 5.71. The first-order chi connectivity index (χ1) is 13.9. The Labute approximate surface area is 168 Å². The minimum Gasteiger partial charge on any atom is -0.382 e. The summed E-state index contributed by atoms with van der Waals surface area (Å²) in [5.74, 6) is 1.04. The Bertz CT molecular complexity index is 983. The molecule has 0 radical (unpaired) electrons. The Morgan fingerprint density at radius 1 is 1.21 bits per heavy atom. The third-order valence-electron chi connectivity index (χ3n) is 4.65. The largest absolute Gasteiger partial charge is 0.382 e. The highest BCUT2D eigenvalue weighted by atomic mass is 19.1. The molecule has 3 rings (SSSR count). The molecule has 150 valence electrons. The van der Waals surface area contributed by atoms with Crippen LogP contribution < -0.4 is 0 Å². The molecule has 2 aromatic carbocycles. The van der Waals surface area contributed by atoms with Gasteiger partial charge in [0.05, 0.1) is 13.1 Å². The van der Waals surface area contributed by atoms with Crippen molar-refractivity contribution < 1.29 is 13.9 Å². The fourth-order valence-electron chi connectivity index (χ4n) is 3.29. The molecule has 3 aromatic rings. The molecule has 5 nitrogen and oxygen atoms in total. The first kappa shape index (κ1) is 20.6. The molecule has 1 unspecified atom stereocenters. The number of benzene rings is 2. The zero-order valence-electron chi connectivity index (χ0n) is 16.1. The number of terminal acetylenes is 1. The highest BCUT2D eigenvalue weighted by Crippen LogP contribution is 2.28. The number of halogens is 2. The van der Waals surface area contributed by atoms with E-state index < -0.39 is 17.2 Å². The fourth-order valence-corrected chi connectivity index (χ4v) is 3.29. The SMILES string of the molecule is C#CCN(Cc1ccc(C)cc1)CC(O)(Cn1cncn1)c1ccc(F)cc1F. The van der Waals surface area contributed by atoms with Crippen molar-refractivity contribution in [1.82, 2.24) is 19.7 Å². The molecule has 0 saturated heterocycles. The Kier molecular flexibility index (Phi) is 6.37. The predicted octanol–water partition coefficient (Wildman–Crippen LogP) is 2.89. The van der Waals surface area contributed by atoms with Gasteiger partial charge in [0.1, 0.15) is 29.9 Å². The van der Waals surface area contributed by atoms with Gasteiger partial charge in [0.2, 0.25) is 0 Å². The van der Waals surface area contributed by atoms with Crippen LogP contribution in [0, 0.1) is 30.9 Å². The average Bonchev–Trinajstić information content (AvgIpc) is 3.16. The lowest BCUT2D eigenvalue weighted by Crippen LogP contribution is -2.44. The number of aliphatic hydroxyl groups is 1. The third-order valence-corrected chi connectivity index (χ3v) is 4.65. The Morgan fingerprint density at radius 2 is 1.97 bits per heavy atom. The lowest BCUT2D eigenvalue weighted by molar-refractivity contribution is -0.0205. The smallest absolute Gasteiger partial charge is 0.137 e. The molecule has 1 atom stereocenters. The van der Waals surface area contributed by atoms with Crippen LogP contribution in [-0.2, 0) is 18.7 Å². The van der Waals surface area contributed by atoms with Gasteiger partial charge < -0.3 is 5.11 Å². The summed E-state index contributed by atoms with van der Waals surface area (Å²) in [6, 6.07) is 11.1. The van der Waals surface area contributed by atoms with Gasteiger partial charge in [-0.05, 0) is 18.6 Å². The predicted molar refractivity (Wildman–Crippen MR) is 106 cm³/mol. The molecule has 1 N–H and O–H groups in total. The minimum absolute atomic E-state index is 0.0213. The number of nitrogens with zero attached hydrogens (tertiary/aromatic N) is 4. The van der Waals surface area contributed by atoms with Crippen molar-refractivity contribution in [3.05, 3.63) is 83.4 Å². The van der Waals surface area contributed by atoms with E-state index in [0.29, 0.717) is 6.54 Å². The monoisotopic (exact) mass is 396 g/mol. The first-order valence-electron chi connectivity index (χ1n) is 9.11. The van der Waals surface area contributed by atoms with E-state index in [4.69, 9.17) is 6.42 Å². The number of aromatic nitrogens is 3. The van der Waals surface area contributed by atoms with Crippen molar-refractivity contribution >= 4 is 0 Å². The minimum atomic E-state index is -1.70. The first-order valence-corrected chi connectivity index (χ1v) is 9.11. The van der Waals surface area contributed by atoms with E-state index in [2.05, 4.69) is 16.0 Å². The molecular weight excluding hydrogens is 374 g/mol. The molecular formula is C22H22F2N4O. The quantitative estimate of drug-likeness (QED) is 0.595. The maximum absolute atomic E-state index is 14.6. The van der Waals surface area contributed by atoms with E-state index in [0.717, 1.165) is 23.3 Å². The number of rotatable bonds is 8. The van der Waals surface area contributed by atoms with Gasteiger partial charge in [-0.25, -0.2) is 18.4 Å². The van der Waals surface area contributed by atoms with Gasteiger partial charge in [-0.2, -0.15) is 5.10 Å². The molecule has 0 aliphatic carbocycles. The Morgan fingerprint density at radius 3 is 2.59 bits per heavy atom. The summed E-state index contributed by atoms with van der Waals surface area (Å²) in [5.41, 5.74) is 0.412. The van der Waals surface area contributed by atoms with E-state index >= 15 is 0 Å². The molecule has 0 fully saturated rings. The zero-order valence-corrected chi connectivity index (χ0v) is 16.1. The standard InChI is InChI=1S/C22H22F2N4O/c1-3-10-27(12-18-6-4-17(2)5-7-18)13-22(29,14-28-16-25-15-26-28)20-9-8-19(23)11-21(20)24/h1,4-9,11,15-16,29H,10,12-14H2,2H3. The van der Waals surface area contributed by atoms with Gasteiger partial charge in [0.25, 0.3) is 0 Å². The molecule has 0 amide bonds. The summed E-state index contributed by atoms with van der Waals surface area (Å²) in [7, 11) is 0. The van der Waals surface area contributed by atoms with Crippen LogP contribution in [0.3, 0.4) is 0 Å². The summed E-state index contributed by atoms with van der Waals surface area (Å²) in [6.45, 7) is 2.67.